The van der Waals surface area contributed by atoms with E-state index in [1.54, 1.807) is 0 Å². The average molecular weight is 301 g/mol. The largest absolute Gasteiger partial charge is 0.330 e. The first-order valence-corrected chi connectivity index (χ1v) is 7.93. The van der Waals surface area contributed by atoms with Crippen molar-refractivity contribution in [3.63, 3.8) is 0 Å². The van der Waals surface area contributed by atoms with Crippen LogP contribution in [0, 0.1) is 6.92 Å². The summed E-state index contributed by atoms with van der Waals surface area (Å²) in [6, 6.07) is 19.1. The van der Waals surface area contributed by atoms with E-state index >= 15 is 0 Å². The summed E-state index contributed by atoms with van der Waals surface area (Å²) in [4.78, 5) is 4.86. The van der Waals surface area contributed by atoms with Gasteiger partial charge in [-0.25, -0.2) is 4.98 Å². The van der Waals surface area contributed by atoms with E-state index in [1.165, 1.54) is 22.0 Å². The Morgan fingerprint density at radius 2 is 1.83 bits per heavy atom. The van der Waals surface area contributed by atoms with Gasteiger partial charge in [-0.2, -0.15) is 0 Å². The molecule has 2 heterocycles. The first-order chi connectivity index (χ1) is 11.3. The Kier molecular flexibility index (Phi) is 3.36. The van der Waals surface area contributed by atoms with Crippen LogP contribution in [0.1, 0.15) is 11.3 Å². The lowest BCUT2D eigenvalue weighted by atomic mass is 10.0. The molecular formula is C20H19N3. The lowest BCUT2D eigenvalue weighted by Crippen LogP contribution is -2.06. The van der Waals surface area contributed by atoms with Gasteiger partial charge in [-0.05, 0) is 41.9 Å². The van der Waals surface area contributed by atoms with Crippen LogP contribution < -0.4 is 5.73 Å². The zero-order chi connectivity index (χ0) is 15.8. The third-order valence-electron chi connectivity index (χ3n) is 4.27. The van der Waals surface area contributed by atoms with Crippen LogP contribution in [0.15, 0.2) is 60.8 Å². The standard InChI is InChI=1S/C20H19N3/c1-14-6-9-19-22-20(18(10-11-21)23(19)13-14)17-8-7-15-4-2-3-5-16(15)12-17/h2-9,12-13H,10-11,21H2,1H3. The van der Waals surface area contributed by atoms with Gasteiger partial charge < -0.3 is 10.1 Å². The van der Waals surface area contributed by atoms with Crippen molar-refractivity contribution in [2.75, 3.05) is 6.54 Å². The first-order valence-electron chi connectivity index (χ1n) is 7.93. The smallest absolute Gasteiger partial charge is 0.137 e. The van der Waals surface area contributed by atoms with Gasteiger partial charge in [0.2, 0.25) is 0 Å². The zero-order valence-electron chi connectivity index (χ0n) is 13.2. The molecule has 0 unspecified atom stereocenters. The second-order valence-electron chi connectivity index (χ2n) is 5.94. The summed E-state index contributed by atoms with van der Waals surface area (Å²) in [6.45, 7) is 2.71. The van der Waals surface area contributed by atoms with Crippen molar-refractivity contribution in [3.05, 3.63) is 72.1 Å². The van der Waals surface area contributed by atoms with Gasteiger partial charge in [-0.15, -0.1) is 0 Å². The molecule has 0 atom stereocenters. The molecule has 0 aliphatic heterocycles. The van der Waals surface area contributed by atoms with E-state index < -0.39 is 0 Å². The van der Waals surface area contributed by atoms with Crippen LogP contribution in [0.5, 0.6) is 0 Å². The molecule has 2 aromatic carbocycles. The predicted octanol–water partition coefficient (Wildman–Crippen LogP) is 3.96. The van der Waals surface area contributed by atoms with E-state index in [-0.39, 0.29) is 0 Å². The number of imidazole rings is 1. The molecule has 23 heavy (non-hydrogen) atoms. The number of nitrogens with zero attached hydrogens (tertiary/aromatic N) is 2. The quantitative estimate of drug-likeness (QED) is 0.622. The molecule has 2 N–H and O–H groups in total. The summed E-state index contributed by atoms with van der Waals surface area (Å²) < 4.78 is 2.17. The van der Waals surface area contributed by atoms with Gasteiger partial charge in [-0.1, -0.05) is 42.5 Å². The van der Waals surface area contributed by atoms with Gasteiger partial charge in [0.1, 0.15) is 5.65 Å². The minimum Gasteiger partial charge on any atom is -0.330 e. The number of pyridine rings is 1. The van der Waals surface area contributed by atoms with Crippen molar-refractivity contribution in [2.45, 2.75) is 13.3 Å². The normalized spacial score (nSPS) is 11.4. The number of hydrogen-bond donors (Lipinski definition) is 1. The van der Waals surface area contributed by atoms with Gasteiger partial charge in [0, 0.05) is 18.2 Å². The van der Waals surface area contributed by atoms with Crippen LogP contribution in [-0.2, 0) is 6.42 Å². The number of hydrogen-bond acceptors (Lipinski definition) is 2. The third kappa shape index (κ3) is 2.39. The predicted molar refractivity (Wildman–Crippen MR) is 95.6 cm³/mol. The van der Waals surface area contributed by atoms with Gasteiger partial charge in [0.25, 0.3) is 0 Å². The average Bonchev–Trinajstić information content (AvgIpc) is 2.93. The fourth-order valence-corrected chi connectivity index (χ4v) is 3.14. The van der Waals surface area contributed by atoms with Crippen molar-refractivity contribution < 1.29 is 0 Å². The Hall–Kier alpha value is -2.65. The summed E-state index contributed by atoms with van der Waals surface area (Å²) in [6.07, 6.45) is 2.95. The van der Waals surface area contributed by atoms with Crippen LogP contribution in [0.3, 0.4) is 0 Å². The zero-order valence-corrected chi connectivity index (χ0v) is 13.2. The maximum atomic E-state index is 5.85. The van der Waals surface area contributed by atoms with Gasteiger partial charge in [-0.3, -0.25) is 0 Å². The van der Waals surface area contributed by atoms with Crippen molar-refractivity contribution in [1.29, 1.82) is 0 Å². The minimum absolute atomic E-state index is 0.613. The molecule has 2 aromatic heterocycles. The molecule has 114 valence electrons. The highest BCUT2D eigenvalue weighted by molar-refractivity contribution is 5.87. The Bertz CT molecular complexity index is 998. The van der Waals surface area contributed by atoms with Gasteiger partial charge >= 0.3 is 0 Å². The van der Waals surface area contributed by atoms with Crippen LogP contribution in [0.4, 0.5) is 0 Å². The lowest BCUT2D eigenvalue weighted by Gasteiger charge is -2.06. The molecule has 0 saturated carbocycles. The molecule has 0 fully saturated rings. The summed E-state index contributed by atoms with van der Waals surface area (Å²) >= 11 is 0. The summed E-state index contributed by atoms with van der Waals surface area (Å²) in [5, 5.41) is 2.48. The van der Waals surface area contributed by atoms with Crippen molar-refractivity contribution in [1.82, 2.24) is 9.38 Å². The molecule has 0 bridgehead atoms. The number of benzene rings is 2. The summed E-state index contributed by atoms with van der Waals surface area (Å²) in [7, 11) is 0. The second-order valence-corrected chi connectivity index (χ2v) is 5.94. The van der Waals surface area contributed by atoms with E-state index in [4.69, 9.17) is 10.7 Å². The molecule has 0 spiro atoms. The first kappa shape index (κ1) is 14.0. The number of nitrogens with two attached hydrogens (primary N) is 1. The molecule has 4 rings (SSSR count). The lowest BCUT2D eigenvalue weighted by molar-refractivity contribution is 0.904. The van der Waals surface area contributed by atoms with E-state index in [0.717, 1.165) is 23.3 Å². The van der Waals surface area contributed by atoms with E-state index in [1.807, 2.05) is 0 Å². The number of aromatic nitrogens is 2. The Morgan fingerprint density at radius 1 is 1.00 bits per heavy atom. The minimum atomic E-state index is 0.613. The SMILES string of the molecule is Cc1ccc2nc(-c3ccc4ccccc4c3)c(CCN)n2c1. The Labute approximate surface area is 135 Å². The van der Waals surface area contributed by atoms with Gasteiger partial charge in [0.05, 0.1) is 11.4 Å². The van der Waals surface area contributed by atoms with E-state index in [2.05, 4.69) is 72.1 Å². The van der Waals surface area contributed by atoms with Crippen LogP contribution in [0.2, 0.25) is 0 Å². The maximum Gasteiger partial charge on any atom is 0.137 e. The molecule has 0 amide bonds. The molecular weight excluding hydrogens is 282 g/mol. The number of aryl methyl sites for hydroxylation is 1. The molecule has 3 heteroatoms. The summed E-state index contributed by atoms with van der Waals surface area (Å²) in [5.41, 5.74) is 11.4. The maximum absolute atomic E-state index is 5.85. The second kappa shape index (κ2) is 5.52. The fourth-order valence-electron chi connectivity index (χ4n) is 3.14. The molecule has 0 aliphatic carbocycles. The highest BCUT2D eigenvalue weighted by Crippen LogP contribution is 2.28. The molecule has 3 nitrogen and oxygen atoms in total. The van der Waals surface area contributed by atoms with Crippen LogP contribution in [0.25, 0.3) is 27.7 Å². The fraction of sp³-hybridized carbons (Fsp3) is 0.150. The van der Waals surface area contributed by atoms with Crippen molar-refractivity contribution in [2.24, 2.45) is 5.73 Å². The number of fused-ring (bicyclic) bond motifs is 2. The molecule has 0 aliphatic rings. The highest BCUT2D eigenvalue weighted by Gasteiger charge is 2.13. The van der Waals surface area contributed by atoms with Crippen molar-refractivity contribution >= 4 is 16.4 Å². The third-order valence-corrected chi connectivity index (χ3v) is 4.27. The monoisotopic (exact) mass is 301 g/mol. The molecule has 0 saturated heterocycles. The molecule has 0 radical (unpaired) electrons. The topological polar surface area (TPSA) is 43.3 Å². The van der Waals surface area contributed by atoms with E-state index in [0.29, 0.717) is 6.54 Å². The van der Waals surface area contributed by atoms with Crippen molar-refractivity contribution in [3.8, 4) is 11.3 Å². The van der Waals surface area contributed by atoms with E-state index in [9.17, 15) is 0 Å². The Balaban J connectivity index is 1.97. The van der Waals surface area contributed by atoms with Crippen LogP contribution in [-0.4, -0.2) is 15.9 Å². The van der Waals surface area contributed by atoms with Gasteiger partial charge in [0.15, 0.2) is 0 Å². The highest BCUT2D eigenvalue weighted by atomic mass is 15.0. The Morgan fingerprint density at radius 3 is 2.65 bits per heavy atom. The summed E-state index contributed by atoms with van der Waals surface area (Å²) in [5.74, 6) is 0. The molecule has 4 aromatic rings. The van der Waals surface area contributed by atoms with Crippen LogP contribution >= 0.6 is 0 Å². The number of rotatable bonds is 3.